The van der Waals surface area contributed by atoms with Gasteiger partial charge in [-0.2, -0.15) is 0 Å². The van der Waals surface area contributed by atoms with Crippen LogP contribution in [0.25, 0.3) is 0 Å². The normalized spacial score (nSPS) is 10.1. The molecule has 7 nitrogen and oxygen atoms in total. The molecular weight excluding hydrogens is 342 g/mol. The molecule has 0 bridgehead atoms. The quantitative estimate of drug-likeness (QED) is 0.368. The summed E-state index contributed by atoms with van der Waals surface area (Å²) in [5.41, 5.74) is 2.53. The average Bonchev–Trinajstić information content (AvgIpc) is 3.10. The van der Waals surface area contributed by atoms with Gasteiger partial charge in [-0.1, -0.05) is 41.7 Å². The van der Waals surface area contributed by atoms with Crippen LogP contribution in [0.2, 0.25) is 0 Å². The number of thiazole rings is 1. The number of anilines is 2. The molecule has 0 aliphatic rings. The molecule has 0 aliphatic carbocycles. The minimum absolute atomic E-state index is 0.144. The third-order valence-electron chi connectivity index (χ3n) is 3.18. The second-order valence-corrected chi connectivity index (χ2v) is 5.88. The van der Waals surface area contributed by atoms with Crippen molar-refractivity contribution in [1.82, 2.24) is 4.98 Å². The lowest BCUT2D eigenvalue weighted by Gasteiger charge is -2.09. The van der Waals surface area contributed by atoms with Crippen molar-refractivity contribution in [3.8, 4) is 5.75 Å². The number of aromatic nitrogens is 1. The molecule has 1 amide bonds. The van der Waals surface area contributed by atoms with Crippen LogP contribution in [0.15, 0.2) is 60.8 Å². The third kappa shape index (κ3) is 4.00. The van der Waals surface area contributed by atoms with Gasteiger partial charge in [-0.3, -0.25) is 20.8 Å². The lowest BCUT2D eigenvalue weighted by atomic mass is 10.2. The minimum Gasteiger partial charge on any atom is -0.422 e. The molecule has 0 unspecified atom stereocenters. The molecule has 3 rings (SSSR count). The Morgan fingerprint density at radius 2 is 1.76 bits per heavy atom. The minimum atomic E-state index is -0.554. The highest BCUT2D eigenvalue weighted by Crippen LogP contribution is 2.25. The molecule has 3 N–H and O–H groups in total. The van der Waals surface area contributed by atoms with Crippen LogP contribution in [0.5, 0.6) is 5.75 Å². The summed E-state index contributed by atoms with van der Waals surface area (Å²) in [5, 5.41) is 12.1. The molecule has 0 saturated heterocycles. The van der Waals surface area contributed by atoms with Crippen LogP contribution >= 0.6 is 11.3 Å². The van der Waals surface area contributed by atoms with Crippen molar-refractivity contribution in [3.05, 3.63) is 71.9 Å². The largest absolute Gasteiger partial charge is 0.422 e. The molecule has 0 fully saturated rings. The first-order valence-corrected chi connectivity index (χ1v) is 8.02. The van der Waals surface area contributed by atoms with Crippen LogP contribution in [0, 0.1) is 0 Å². The van der Waals surface area contributed by atoms with Gasteiger partial charge in [0.15, 0.2) is 5.13 Å². The highest BCUT2D eigenvalue weighted by molar-refractivity contribution is 7.19. The van der Waals surface area contributed by atoms with Crippen LogP contribution in [0.4, 0.5) is 10.1 Å². The van der Waals surface area contributed by atoms with E-state index in [0.717, 1.165) is 11.3 Å². The lowest BCUT2D eigenvalue weighted by Crippen LogP contribution is -2.16. The van der Waals surface area contributed by atoms with Crippen molar-refractivity contribution in [2.45, 2.75) is 0 Å². The van der Waals surface area contributed by atoms with E-state index in [-0.39, 0.29) is 11.3 Å². The molecule has 1 heterocycles. The van der Waals surface area contributed by atoms with Gasteiger partial charge in [-0.15, -0.1) is 0 Å². The van der Waals surface area contributed by atoms with Crippen LogP contribution in [0.1, 0.15) is 20.7 Å². The Labute approximate surface area is 146 Å². The van der Waals surface area contributed by atoms with E-state index in [1.165, 1.54) is 12.3 Å². The van der Waals surface area contributed by atoms with Gasteiger partial charge >= 0.3 is 5.97 Å². The van der Waals surface area contributed by atoms with Gasteiger partial charge < -0.3 is 4.74 Å². The number of carbonyl (C=O) groups is 2. The summed E-state index contributed by atoms with van der Waals surface area (Å²) in [4.78, 5) is 28.6. The molecule has 3 aromatic rings. The van der Waals surface area contributed by atoms with E-state index in [9.17, 15) is 9.59 Å². The molecule has 0 atom stereocenters. The first-order chi connectivity index (χ1) is 12.2. The number of esters is 1. The first kappa shape index (κ1) is 16.6. The Kier molecular flexibility index (Phi) is 5.03. The zero-order valence-corrected chi connectivity index (χ0v) is 13.6. The molecule has 126 valence electrons. The number of benzene rings is 2. The van der Waals surface area contributed by atoms with Gasteiger partial charge in [0, 0.05) is 0 Å². The number of amides is 1. The van der Waals surface area contributed by atoms with E-state index in [2.05, 4.69) is 10.3 Å². The van der Waals surface area contributed by atoms with Crippen molar-refractivity contribution in [3.63, 3.8) is 0 Å². The molecule has 0 aliphatic heterocycles. The second kappa shape index (κ2) is 7.56. The number of carbonyl (C=O) groups excluding carboxylic acids is 2. The highest BCUT2D eigenvalue weighted by Gasteiger charge is 2.17. The number of hydrogen-bond acceptors (Lipinski definition) is 7. The summed E-state index contributed by atoms with van der Waals surface area (Å²) >= 11 is 1.06. The van der Waals surface area contributed by atoms with E-state index in [0.29, 0.717) is 15.7 Å². The summed E-state index contributed by atoms with van der Waals surface area (Å²) in [6, 6.07) is 14.9. The van der Waals surface area contributed by atoms with Gasteiger partial charge in [0.05, 0.1) is 17.3 Å². The monoisotopic (exact) mass is 355 g/mol. The summed E-state index contributed by atoms with van der Waals surface area (Å²) < 4.78 is 5.35. The molecule has 0 radical (unpaired) electrons. The Balaban J connectivity index is 1.78. The third-order valence-corrected chi connectivity index (χ3v) is 4.00. The van der Waals surface area contributed by atoms with Crippen LogP contribution < -0.4 is 15.5 Å². The fourth-order valence-electron chi connectivity index (χ4n) is 2.02. The summed E-state index contributed by atoms with van der Waals surface area (Å²) in [6.07, 6.45) is 1.38. The zero-order chi connectivity index (χ0) is 17.6. The van der Waals surface area contributed by atoms with E-state index >= 15 is 0 Å². The fraction of sp³-hybridized carbons (Fsp3) is 0. The number of rotatable bonds is 5. The van der Waals surface area contributed by atoms with E-state index in [1.54, 1.807) is 48.5 Å². The maximum absolute atomic E-state index is 12.4. The van der Waals surface area contributed by atoms with Crippen LogP contribution in [-0.4, -0.2) is 22.1 Å². The second-order valence-electron chi connectivity index (χ2n) is 4.85. The van der Waals surface area contributed by atoms with Gasteiger partial charge in [-0.25, -0.2) is 9.78 Å². The smallest absolute Gasteiger partial charge is 0.343 e. The molecule has 8 heteroatoms. The molecule has 1 aromatic heterocycles. The molecule has 25 heavy (non-hydrogen) atoms. The van der Waals surface area contributed by atoms with Crippen molar-refractivity contribution < 1.29 is 19.5 Å². The summed E-state index contributed by atoms with van der Waals surface area (Å²) in [5.74, 6) is -0.886. The Hall–Kier alpha value is -3.23. The van der Waals surface area contributed by atoms with Gasteiger partial charge in [0.2, 0.25) is 0 Å². The maximum atomic E-state index is 12.4. The SMILES string of the molecule is O=C(Oc1ccccc1C(=O)Nc1ncc(NO)s1)c1ccccc1. The summed E-state index contributed by atoms with van der Waals surface area (Å²) in [7, 11) is 0. The fourth-order valence-corrected chi connectivity index (χ4v) is 2.63. The van der Waals surface area contributed by atoms with E-state index in [1.807, 2.05) is 5.48 Å². The Morgan fingerprint density at radius 1 is 1.04 bits per heavy atom. The zero-order valence-electron chi connectivity index (χ0n) is 12.8. The number of nitrogens with one attached hydrogen (secondary N) is 2. The number of nitrogens with zero attached hydrogens (tertiary/aromatic N) is 1. The maximum Gasteiger partial charge on any atom is 0.343 e. The Bertz CT molecular complexity index is 896. The van der Waals surface area contributed by atoms with Crippen molar-refractivity contribution in [1.29, 1.82) is 0 Å². The number of hydrogen-bond donors (Lipinski definition) is 3. The van der Waals surface area contributed by atoms with Crippen molar-refractivity contribution >= 4 is 33.3 Å². The van der Waals surface area contributed by atoms with Crippen molar-refractivity contribution in [2.24, 2.45) is 0 Å². The van der Waals surface area contributed by atoms with Gasteiger partial charge in [-0.05, 0) is 24.3 Å². The highest BCUT2D eigenvalue weighted by atomic mass is 32.1. The topological polar surface area (TPSA) is 101 Å². The van der Waals surface area contributed by atoms with Crippen LogP contribution in [-0.2, 0) is 0 Å². The van der Waals surface area contributed by atoms with E-state index < -0.39 is 11.9 Å². The predicted octanol–water partition coefficient (Wildman–Crippen LogP) is 3.42. The van der Waals surface area contributed by atoms with Crippen LogP contribution in [0.3, 0.4) is 0 Å². The number of para-hydroxylation sites is 1. The summed E-state index contributed by atoms with van der Waals surface area (Å²) in [6.45, 7) is 0. The molecular formula is C17H13N3O4S. The molecule has 0 spiro atoms. The Morgan fingerprint density at radius 3 is 2.48 bits per heavy atom. The van der Waals surface area contributed by atoms with Crippen molar-refractivity contribution in [2.75, 3.05) is 10.8 Å². The van der Waals surface area contributed by atoms with Gasteiger partial charge in [0.1, 0.15) is 10.8 Å². The lowest BCUT2D eigenvalue weighted by molar-refractivity contribution is 0.0733. The number of ether oxygens (including phenoxy) is 1. The first-order valence-electron chi connectivity index (χ1n) is 7.21. The van der Waals surface area contributed by atoms with Gasteiger partial charge in [0.25, 0.3) is 5.91 Å². The predicted molar refractivity (Wildman–Crippen MR) is 93.3 cm³/mol. The molecule has 2 aromatic carbocycles. The standard InChI is InChI=1S/C17H13N3O4S/c21-15(19-17-18-10-14(20-23)25-17)12-8-4-5-9-13(12)24-16(22)11-6-2-1-3-7-11/h1-10,20,23H,(H,18,19,21). The molecule has 0 saturated carbocycles. The average molecular weight is 355 g/mol. The van der Waals surface area contributed by atoms with E-state index in [4.69, 9.17) is 9.94 Å².